The molecule has 1 heterocycles. The smallest absolute Gasteiger partial charge is 0.128 e. The number of pyridine rings is 1. The number of aryl methyl sites for hydroxylation is 1. The summed E-state index contributed by atoms with van der Waals surface area (Å²) in [6.07, 6.45) is 0. The van der Waals surface area contributed by atoms with Crippen LogP contribution in [0.25, 0.3) is 0 Å². The largest absolute Gasteiger partial charge is 0.355 e. The average molecular weight is 255 g/mol. The molecule has 0 atom stereocenters. The molecule has 1 aromatic carbocycles. The van der Waals surface area contributed by atoms with Gasteiger partial charge >= 0.3 is 0 Å². The highest BCUT2D eigenvalue weighted by Gasteiger charge is 2.04. The van der Waals surface area contributed by atoms with E-state index in [9.17, 15) is 0 Å². The van der Waals surface area contributed by atoms with Crippen molar-refractivity contribution in [2.24, 2.45) is 0 Å². The fraction of sp³-hybridized carbons (Fsp3) is 0.312. The minimum absolute atomic E-state index is 0.798. The van der Waals surface area contributed by atoms with Crippen LogP contribution in [0.5, 0.6) is 0 Å². The van der Waals surface area contributed by atoms with E-state index < -0.39 is 0 Å². The fourth-order valence-corrected chi connectivity index (χ4v) is 2.01. The molecule has 0 aliphatic heterocycles. The molecule has 3 heteroatoms. The maximum absolute atomic E-state index is 4.64. The van der Waals surface area contributed by atoms with Gasteiger partial charge in [-0.2, -0.15) is 0 Å². The summed E-state index contributed by atoms with van der Waals surface area (Å²) in [5.74, 6) is 1.01. The lowest BCUT2D eigenvalue weighted by atomic mass is 10.1. The molecule has 3 nitrogen and oxygen atoms in total. The van der Waals surface area contributed by atoms with E-state index in [1.54, 1.807) is 0 Å². The molecule has 1 aromatic heterocycles. The van der Waals surface area contributed by atoms with Gasteiger partial charge in [0.25, 0.3) is 0 Å². The van der Waals surface area contributed by atoms with Crippen LogP contribution in [0.15, 0.2) is 42.5 Å². The lowest BCUT2D eigenvalue weighted by Crippen LogP contribution is -2.18. The molecule has 0 amide bonds. The minimum Gasteiger partial charge on any atom is -0.355 e. The second-order valence-corrected chi connectivity index (χ2v) is 4.86. The number of aromatic nitrogens is 1. The van der Waals surface area contributed by atoms with Gasteiger partial charge in [-0.05, 0) is 31.7 Å². The first kappa shape index (κ1) is 13.6. The number of nitrogens with zero attached hydrogens (tertiary/aromatic N) is 2. The van der Waals surface area contributed by atoms with E-state index in [2.05, 4.69) is 59.5 Å². The van der Waals surface area contributed by atoms with E-state index in [1.807, 2.05) is 19.2 Å². The van der Waals surface area contributed by atoms with Gasteiger partial charge < -0.3 is 10.2 Å². The Hall–Kier alpha value is -1.87. The van der Waals surface area contributed by atoms with Crippen molar-refractivity contribution >= 4 is 5.82 Å². The third-order valence-corrected chi connectivity index (χ3v) is 3.08. The number of nitrogens with one attached hydrogen (secondary N) is 1. The molecule has 0 spiro atoms. The van der Waals surface area contributed by atoms with Gasteiger partial charge in [-0.25, -0.2) is 4.98 Å². The first-order valence-corrected chi connectivity index (χ1v) is 6.56. The van der Waals surface area contributed by atoms with Crippen LogP contribution in [0, 0.1) is 6.92 Å². The van der Waals surface area contributed by atoms with E-state index in [0.717, 1.165) is 24.6 Å². The van der Waals surface area contributed by atoms with Crippen LogP contribution in [0.1, 0.15) is 16.8 Å². The maximum atomic E-state index is 4.64. The van der Waals surface area contributed by atoms with Gasteiger partial charge in [0.1, 0.15) is 5.82 Å². The highest BCUT2D eigenvalue weighted by molar-refractivity contribution is 5.39. The van der Waals surface area contributed by atoms with E-state index in [0.29, 0.717) is 0 Å². The van der Waals surface area contributed by atoms with Crippen LogP contribution in [-0.2, 0) is 13.1 Å². The van der Waals surface area contributed by atoms with Gasteiger partial charge in [0.2, 0.25) is 0 Å². The molecule has 0 fully saturated rings. The Balaban J connectivity index is 2.08. The number of benzene rings is 1. The second kappa shape index (κ2) is 6.34. The Labute approximate surface area is 115 Å². The molecule has 2 aromatic rings. The fourth-order valence-electron chi connectivity index (χ4n) is 2.01. The summed E-state index contributed by atoms with van der Waals surface area (Å²) in [4.78, 5) is 6.81. The van der Waals surface area contributed by atoms with Crippen LogP contribution in [0.3, 0.4) is 0 Å². The Morgan fingerprint density at radius 2 is 1.84 bits per heavy atom. The van der Waals surface area contributed by atoms with Crippen LogP contribution in [0.2, 0.25) is 0 Å². The monoisotopic (exact) mass is 255 g/mol. The molecule has 0 radical (unpaired) electrons. The van der Waals surface area contributed by atoms with Crippen LogP contribution >= 0.6 is 0 Å². The highest BCUT2D eigenvalue weighted by atomic mass is 15.2. The Kier molecular flexibility index (Phi) is 4.53. The van der Waals surface area contributed by atoms with Crippen molar-refractivity contribution in [3.05, 3.63) is 59.3 Å². The lowest BCUT2D eigenvalue weighted by Gasteiger charge is -2.19. The third-order valence-electron chi connectivity index (χ3n) is 3.08. The predicted molar refractivity (Wildman–Crippen MR) is 80.3 cm³/mol. The zero-order valence-electron chi connectivity index (χ0n) is 11.9. The molecule has 19 heavy (non-hydrogen) atoms. The summed E-state index contributed by atoms with van der Waals surface area (Å²) in [6.45, 7) is 3.78. The number of anilines is 1. The van der Waals surface area contributed by atoms with E-state index in [-0.39, 0.29) is 0 Å². The first-order chi connectivity index (χ1) is 9.19. The zero-order chi connectivity index (χ0) is 13.7. The first-order valence-electron chi connectivity index (χ1n) is 6.56. The Morgan fingerprint density at radius 1 is 1.11 bits per heavy atom. The summed E-state index contributed by atoms with van der Waals surface area (Å²) in [5, 5.41) is 3.13. The van der Waals surface area contributed by atoms with Gasteiger partial charge in [-0.1, -0.05) is 35.9 Å². The molecule has 0 aliphatic rings. The van der Waals surface area contributed by atoms with Gasteiger partial charge in [-0.15, -0.1) is 0 Å². The van der Waals surface area contributed by atoms with Crippen molar-refractivity contribution < 1.29 is 0 Å². The van der Waals surface area contributed by atoms with Gasteiger partial charge in [0.15, 0.2) is 0 Å². The summed E-state index contributed by atoms with van der Waals surface area (Å²) < 4.78 is 0. The van der Waals surface area contributed by atoms with Crippen molar-refractivity contribution in [3.63, 3.8) is 0 Å². The molecule has 2 rings (SSSR count). The van der Waals surface area contributed by atoms with E-state index in [1.165, 1.54) is 11.1 Å². The van der Waals surface area contributed by atoms with Gasteiger partial charge in [0.05, 0.1) is 5.69 Å². The standard InChI is InChI=1S/C16H21N3/c1-13-7-9-14(10-8-13)12-19(3)16-6-4-5-15(18-16)11-17-2/h4-10,17H,11-12H2,1-3H3. The maximum Gasteiger partial charge on any atom is 0.128 e. The quantitative estimate of drug-likeness (QED) is 0.890. The molecule has 0 saturated heterocycles. The summed E-state index contributed by atoms with van der Waals surface area (Å²) in [6, 6.07) is 14.8. The molecule has 0 bridgehead atoms. The number of hydrogen-bond acceptors (Lipinski definition) is 3. The predicted octanol–water partition coefficient (Wildman–Crippen LogP) is 2.75. The number of hydrogen-bond donors (Lipinski definition) is 1. The van der Waals surface area contributed by atoms with Gasteiger partial charge in [0, 0.05) is 20.1 Å². The van der Waals surface area contributed by atoms with Crippen molar-refractivity contribution in [1.82, 2.24) is 10.3 Å². The Bertz CT molecular complexity index is 520. The summed E-state index contributed by atoms with van der Waals surface area (Å²) in [5.41, 5.74) is 3.66. The third kappa shape index (κ3) is 3.80. The second-order valence-electron chi connectivity index (χ2n) is 4.86. The molecular weight excluding hydrogens is 234 g/mol. The van der Waals surface area contributed by atoms with E-state index in [4.69, 9.17) is 0 Å². The van der Waals surface area contributed by atoms with Crippen molar-refractivity contribution in [1.29, 1.82) is 0 Å². The summed E-state index contributed by atoms with van der Waals surface area (Å²) in [7, 11) is 4.01. The molecule has 0 aliphatic carbocycles. The normalized spacial score (nSPS) is 10.5. The molecule has 100 valence electrons. The van der Waals surface area contributed by atoms with Gasteiger partial charge in [-0.3, -0.25) is 0 Å². The average Bonchev–Trinajstić information content (AvgIpc) is 2.42. The van der Waals surface area contributed by atoms with E-state index >= 15 is 0 Å². The van der Waals surface area contributed by atoms with Crippen molar-refractivity contribution in [2.75, 3.05) is 19.0 Å². The SMILES string of the molecule is CNCc1cccc(N(C)Cc2ccc(C)cc2)n1. The molecule has 0 unspecified atom stereocenters. The molecule has 0 saturated carbocycles. The van der Waals surface area contributed by atoms with Crippen molar-refractivity contribution in [3.8, 4) is 0 Å². The zero-order valence-corrected chi connectivity index (χ0v) is 11.9. The highest BCUT2D eigenvalue weighted by Crippen LogP contribution is 2.14. The number of rotatable bonds is 5. The van der Waals surface area contributed by atoms with Crippen LogP contribution in [-0.4, -0.2) is 19.1 Å². The van der Waals surface area contributed by atoms with Crippen LogP contribution in [0.4, 0.5) is 5.82 Å². The lowest BCUT2D eigenvalue weighted by molar-refractivity contribution is 0.783. The Morgan fingerprint density at radius 3 is 2.53 bits per heavy atom. The minimum atomic E-state index is 0.798. The molecular formula is C16H21N3. The van der Waals surface area contributed by atoms with Crippen LogP contribution < -0.4 is 10.2 Å². The topological polar surface area (TPSA) is 28.2 Å². The van der Waals surface area contributed by atoms with Crippen molar-refractivity contribution in [2.45, 2.75) is 20.0 Å². The summed E-state index contributed by atoms with van der Waals surface area (Å²) >= 11 is 0. The molecule has 1 N–H and O–H groups in total.